The fourth-order valence-corrected chi connectivity index (χ4v) is 5.11. The van der Waals surface area contributed by atoms with Gasteiger partial charge in [0.1, 0.15) is 4.83 Å². The number of hydrogen-bond donors (Lipinski definition) is 1. The van der Waals surface area contributed by atoms with Crippen LogP contribution < -0.4 is 5.56 Å². The summed E-state index contributed by atoms with van der Waals surface area (Å²) in [7, 11) is 0. The largest absolute Gasteiger partial charge is 0.305 e. The van der Waals surface area contributed by atoms with Gasteiger partial charge in [-0.05, 0) is 61.1 Å². The Morgan fingerprint density at radius 3 is 2.82 bits per heavy atom. The number of aryl methyl sites for hydroxylation is 2. The van der Waals surface area contributed by atoms with Crippen LogP contribution in [0.15, 0.2) is 47.5 Å². The van der Waals surface area contributed by atoms with Crippen LogP contribution in [-0.4, -0.2) is 19.7 Å². The van der Waals surface area contributed by atoms with E-state index in [1.165, 1.54) is 16.9 Å². The van der Waals surface area contributed by atoms with Gasteiger partial charge in [0.15, 0.2) is 5.82 Å². The first-order valence-electron chi connectivity index (χ1n) is 9.21. The molecule has 7 heteroatoms. The fourth-order valence-electron chi connectivity index (χ4n) is 3.64. The van der Waals surface area contributed by atoms with Crippen molar-refractivity contribution in [3.8, 4) is 5.69 Å². The van der Waals surface area contributed by atoms with Crippen molar-refractivity contribution in [1.82, 2.24) is 19.7 Å². The van der Waals surface area contributed by atoms with Crippen LogP contribution in [0.5, 0.6) is 0 Å². The maximum atomic E-state index is 12.7. The maximum absolute atomic E-state index is 12.7. The predicted molar refractivity (Wildman–Crippen MR) is 114 cm³/mol. The molecule has 0 saturated heterocycles. The van der Waals surface area contributed by atoms with E-state index in [1.807, 2.05) is 42.6 Å². The van der Waals surface area contributed by atoms with Crippen LogP contribution in [0.4, 0.5) is 0 Å². The molecule has 0 atom stereocenters. The maximum Gasteiger partial charge on any atom is 0.260 e. The Bertz CT molecular complexity index is 1240. The monoisotopic (exact) mass is 408 g/mol. The molecule has 0 fully saturated rings. The van der Waals surface area contributed by atoms with Gasteiger partial charge in [0, 0.05) is 17.3 Å². The zero-order valence-corrected chi connectivity index (χ0v) is 16.6. The molecule has 3 heterocycles. The lowest BCUT2D eigenvalue weighted by Crippen LogP contribution is -2.12. The van der Waals surface area contributed by atoms with Crippen molar-refractivity contribution < 1.29 is 0 Å². The second-order valence-corrected chi connectivity index (χ2v) is 8.33. The minimum absolute atomic E-state index is 0.0972. The minimum Gasteiger partial charge on any atom is -0.305 e. The van der Waals surface area contributed by atoms with Gasteiger partial charge in [-0.3, -0.25) is 4.79 Å². The Hall–Kier alpha value is -2.70. The molecule has 0 amide bonds. The molecule has 0 bridgehead atoms. The first kappa shape index (κ1) is 17.4. The molecule has 0 radical (unpaired) electrons. The van der Waals surface area contributed by atoms with E-state index in [0.29, 0.717) is 10.9 Å². The zero-order chi connectivity index (χ0) is 19.1. The van der Waals surface area contributed by atoms with Gasteiger partial charge in [-0.15, -0.1) is 11.3 Å². The van der Waals surface area contributed by atoms with E-state index in [9.17, 15) is 4.79 Å². The predicted octanol–water partition coefficient (Wildman–Crippen LogP) is 4.79. The Morgan fingerprint density at radius 2 is 2.04 bits per heavy atom. The summed E-state index contributed by atoms with van der Waals surface area (Å²) < 4.78 is 1.79. The topological polar surface area (TPSA) is 63.6 Å². The highest BCUT2D eigenvalue weighted by Crippen LogP contribution is 2.34. The Labute approximate surface area is 170 Å². The number of nitrogens with one attached hydrogen (secondary N) is 1. The molecule has 140 valence electrons. The number of H-pyrrole nitrogens is 1. The number of aromatic nitrogens is 4. The second kappa shape index (κ2) is 7.04. The third kappa shape index (κ3) is 3.08. The molecule has 4 aromatic rings. The highest BCUT2D eigenvalue weighted by atomic mass is 35.5. The lowest BCUT2D eigenvalue weighted by Gasteiger charge is -2.09. The van der Waals surface area contributed by atoms with Gasteiger partial charge in [-0.1, -0.05) is 23.7 Å². The fraction of sp³-hybridized carbons (Fsp3) is 0.190. The summed E-state index contributed by atoms with van der Waals surface area (Å²) in [4.78, 5) is 22.3. The van der Waals surface area contributed by atoms with Crippen LogP contribution in [0.3, 0.4) is 0 Å². The number of nitrogens with zero attached hydrogens (tertiary/aromatic N) is 3. The van der Waals surface area contributed by atoms with Crippen molar-refractivity contribution in [2.75, 3.05) is 0 Å². The van der Waals surface area contributed by atoms with E-state index in [1.54, 1.807) is 22.2 Å². The third-order valence-electron chi connectivity index (χ3n) is 5.01. The Kier molecular flexibility index (Phi) is 4.37. The number of halogens is 1. The van der Waals surface area contributed by atoms with Gasteiger partial charge in [-0.25, -0.2) is 9.67 Å². The number of rotatable bonds is 3. The molecule has 5 rings (SSSR count). The number of aromatic amines is 1. The van der Waals surface area contributed by atoms with Gasteiger partial charge in [0.05, 0.1) is 16.1 Å². The first-order valence-corrected chi connectivity index (χ1v) is 10.4. The van der Waals surface area contributed by atoms with Gasteiger partial charge in [-0.2, -0.15) is 5.10 Å². The van der Waals surface area contributed by atoms with Crippen molar-refractivity contribution in [3.63, 3.8) is 0 Å². The van der Waals surface area contributed by atoms with Crippen molar-refractivity contribution in [2.45, 2.75) is 25.7 Å². The second-order valence-electron chi connectivity index (χ2n) is 6.84. The van der Waals surface area contributed by atoms with Crippen molar-refractivity contribution in [1.29, 1.82) is 0 Å². The molecular formula is C21H17ClN4OS. The lowest BCUT2D eigenvalue weighted by molar-refractivity contribution is 0.700. The highest BCUT2D eigenvalue weighted by Gasteiger charge is 2.20. The van der Waals surface area contributed by atoms with Crippen LogP contribution in [0, 0.1) is 0 Å². The van der Waals surface area contributed by atoms with Gasteiger partial charge >= 0.3 is 0 Å². The van der Waals surface area contributed by atoms with Crippen LogP contribution in [0.1, 0.15) is 34.7 Å². The third-order valence-corrected chi connectivity index (χ3v) is 6.48. The molecule has 0 saturated carbocycles. The van der Waals surface area contributed by atoms with E-state index in [0.717, 1.165) is 40.7 Å². The van der Waals surface area contributed by atoms with Crippen LogP contribution >= 0.6 is 22.9 Å². The number of thiophene rings is 1. The average molecular weight is 409 g/mol. The molecule has 0 spiro atoms. The highest BCUT2D eigenvalue weighted by molar-refractivity contribution is 7.18. The smallest absolute Gasteiger partial charge is 0.260 e. The molecule has 28 heavy (non-hydrogen) atoms. The number of fused-ring (bicyclic) bond motifs is 3. The molecule has 3 aromatic heterocycles. The van der Waals surface area contributed by atoms with Crippen LogP contribution in [0.25, 0.3) is 27.0 Å². The summed E-state index contributed by atoms with van der Waals surface area (Å²) in [5.41, 5.74) is 2.98. The molecule has 0 unspecified atom stereocenters. The molecule has 1 N–H and O–H groups in total. The average Bonchev–Trinajstić information content (AvgIpc) is 3.36. The minimum atomic E-state index is -0.0972. The number of benzene rings is 1. The SMILES string of the molecule is O=c1[nH]c(/C(Cl)=C/c2ccc(-n3cccn3)cc2)nc2sc3c(c12)CCCC3. The van der Waals surface area contributed by atoms with E-state index in [-0.39, 0.29) is 5.56 Å². The quantitative estimate of drug-likeness (QED) is 0.530. The lowest BCUT2D eigenvalue weighted by atomic mass is 9.97. The molecule has 5 nitrogen and oxygen atoms in total. The summed E-state index contributed by atoms with van der Waals surface area (Å²) in [5, 5.41) is 5.38. The summed E-state index contributed by atoms with van der Waals surface area (Å²) in [6.45, 7) is 0. The summed E-state index contributed by atoms with van der Waals surface area (Å²) in [6, 6.07) is 9.73. The first-order chi connectivity index (χ1) is 13.7. The molecule has 1 aliphatic rings. The van der Waals surface area contributed by atoms with E-state index >= 15 is 0 Å². The van der Waals surface area contributed by atoms with Crippen LogP contribution in [0.2, 0.25) is 0 Å². The van der Waals surface area contributed by atoms with Gasteiger partial charge in [0.2, 0.25) is 0 Å². The molecule has 1 aliphatic carbocycles. The van der Waals surface area contributed by atoms with Gasteiger partial charge < -0.3 is 4.98 Å². The Morgan fingerprint density at radius 1 is 1.21 bits per heavy atom. The normalized spacial score (nSPS) is 14.4. The summed E-state index contributed by atoms with van der Waals surface area (Å²) in [6.07, 6.45) is 9.76. The van der Waals surface area contributed by atoms with Crippen molar-refractivity contribution in [2.24, 2.45) is 0 Å². The summed E-state index contributed by atoms with van der Waals surface area (Å²) >= 11 is 8.12. The van der Waals surface area contributed by atoms with E-state index in [4.69, 9.17) is 11.6 Å². The number of hydrogen-bond acceptors (Lipinski definition) is 4. The van der Waals surface area contributed by atoms with Crippen LogP contribution in [-0.2, 0) is 12.8 Å². The van der Waals surface area contributed by atoms with Crippen molar-refractivity contribution >= 4 is 44.3 Å². The van der Waals surface area contributed by atoms with E-state index < -0.39 is 0 Å². The molecule has 0 aliphatic heterocycles. The Balaban J connectivity index is 1.50. The zero-order valence-electron chi connectivity index (χ0n) is 15.0. The van der Waals surface area contributed by atoms with Crippen molar-refractivity contribution in [3.05, 3.63) is 74.9 Å². The van der Waals surface area contributed by atoms with E-state index in [2.05, 4.69) is 15.1 Å². The summed E-state index contributed by atoms with van der Waals surface area (Å²) in [5.74, 6) is 0.411. The molecular weight excluding hydrogens is 392 g/mol. The van der Waals surface area contributed by atoms with Gasteiger partial charge in [0.25, 0.3) is 5.56 Å². The molecule has 1 aromatic carbocycles. The standard InChI is InChI=1S/C21H17ClN4OS/c22-16(12-13-6-8-14(9-7-13)26-11-3-10-23-26)19-24-20(27)18-15-4-1-2-5-17(15)28-21(18)25-19/h3,6-12H,1-2,4-5H2,(H,24,25,27)/b16-12-.